The average molecular weight is 334 g/mol. The minimum Gasteiger partial charge on any atom is -0.476 e. The molecule has 88 valence electrons. The number of nitrogens with zero attached hydrogens (tertiary/aromatic N) is 1. The maximum atomic E-state index is 10.8. The summed E-state index contributed by atoms with van der Waals surface area (Å²) in [6.07, 6.45) is 0. The summed E-state index contributed by atoms with van der Waals surface area (Å²) in [5, 5.41) is 10.2. The second-order valence-corrected chi connectivity index (χ2v) is 5.48. The van der Waals surface area contributed by atoms with E-state index in [1.807, 2.05) is 0 Å². The predicted molar refractivity (Wildman–Crippen MR) is 71.6 cm³/mol. The molecule has 0 saturated carbocycles. The molecule has 1 aromatic heterocycles. The molecule has 17 heavy (non-hydrogen) atoms. The van der Waals surface area contributed by atoms with E-state index in [1.54, 1.807) is 18.2 Å². The van der Waals surface area contributed by atoms with Crippen LogP contribution in [-0.4, -0.2) is 16.1 Å². The lowest BCUT2D eigenvalue weighted by Crippen LogP contribution is -2.00. The van der Waals surface area contributed by atoms with Crippen LogP contribution in [0.4, 0.5) is 5.00 Å². The van der Waals surface area contributed by atoms with Crippen molar-refractivity contribution in [2.24, 2.45) is 0 Å². The van der Waals surface area contributed by atoms with Crippen molar-refractivity contribution in [3.8, 4) is 10.6 Å². The summed E-state index contributed by atoms with van der Waals surface area (Å²) in [7, 11) is 0. The van der Waals surface area contributed by atoms with Crippen molar-refractivity contribution in [3.05, 3.63) is 33.4 Å². The highest BCUT2D eigenvalue weighted by molar-refractivity contribution is 9.10. The summed E-state index contributed by atoms with van der Waals surface area (Å²) in [6.45, 7) is 0. The fraction of sp³-hybridized carbons (Fsp3) is 0. The third-order valence-electron chi connectivity index (χ3n) is 2.02. The second-order valence-electron chi connectivity index (χ2n) is 3.16. The Hall–Kier alpha value is -1.11. The molecule has 0 atom stereocenters. The number of thiazole rings is 1. The number of carboxylic acids is 1. The lowest BCUT2D eigenvalue weighted by atomic mass is 10.2. The SMILES string of the molecule is Nc1sc(-c2ccc(Cl)cc2Br)nc1C(=O)O. The molecule has 0 aliphatic carbocycles. The Kier molecular flexibility index (Phi) is 3.37. The standard InChI is InChI=1S/C10H6BrClN2O2S/c11-6-3-4(12)1-2-5(6)9-14-7(10(15)16)8(13)17-9/h1-3H,13H2,(H,15,16). The smallest absolute Gasteiger partial charge is 0.357 e. The zero-order valence-corrected chi connectivity index (χ0v) is 11.4. The van der Waals surface area contributed by atoms with Gasteiger partial charge in [-0.15, -0.1) is 0 Å². The predicted octanol–water partition coefficient (Wildman–Crippen LogP) is 3.51. The van der Waals surface area contributed by atoms with Crippen molar-refractivity contribution in [1.29, 1.82) is 0 Å². The molecule has 0 fully saturated rings. The largest absolute Gasteiger partial charge is 0.476 e. The maximum absolute atomic E-state index is 10.8. The molecule has 1 heterocycles. The van der Waals surface area contributed by atoms with Crippen molar-refractivity contribution in [3.63, 3.8) is 0 Å². The normalized spacial score (nSPS) is 10.5. The van der Waals surface area contributed by atoms with Gasteiger partial charge in [-0.25, -0.2) is 9.78 Å². The first kappa shape index (κ1) is 12.3. The average Bonchev–Trinajstić information content (AvgIpc) is 2.60. The highest BCUT2D eigenvalue weighted by Gasteiger charge is 2.17. The highest BCUT2D eigenvalue weighted by atomic mass is 79.9. The second kappa shape index (κ2) is 4.64. The molecule has 2 rings (SSSR count). The summed E-state index contributed by atoms with van der Waals surface area (Å²) in [4.78, 5) is 14.8. The van der Waals surface area contributed by atoms with E-state index in [-0.39, 0.29) is 10.7 Å². The van der Waals surface area contributed by atoms with Crippen LogP contribution in [0.25, 0.3) is 10.6 Å². The van der Waals surface area contributed by atoms with E-state index in [0.29, 0.717) is 10.0 Å². The van der Waals surface area contributed by atoms with Crippen molar-refractivity contribution >= 4 is 49.8 Å². The van der Waals surface area contributed by atoms with Crippen LogP contribution in [0.2, 0.25) is 5.02 Å². The number of halogens is 2. The van der Waals surface area contributed by atoms with E-state index in [2.05, 4.69) is 20.9 Å². The summed E-state index contributed by atoms with van der Waals surface area (Å²) < 4.78 is 0.746. The van der Waals surface area contributed by atoms with Gasteiger partial charge in [-0.2, -0.15) is 0 Å². The maximum Gasteiger partial charge on any atom is 0.357 e. The third-order valence-corrected chi connectivity index (χ3v) is 3.83. The van der Waals surface area contributed by atoms with Gasteiger partial charge in [0.15, 0.2) is 5.69 Å². The van der Waals surface area contributed by atoms with Gasteiger partial charge in [0.2, 0.25) is 0 Å². The topological polar surface area (TPSA) is 76.2 Å². The summed E-state index contributed by atoms with van der Waals surface area (Å²) in [5.41, 5.74) is 6.24. The van der Waals surface area contributed by atoms with Gasteiger partial charge in [-0.3, -0.25) is 0 Å². The molecule has 0 saturated heterocycles. The Morgan fingerprint density at radius 2 is 2.24 bits per heavy atom. The monoisotopic (exact) mass is 332 g/mol. The molecular formula is C10H6BrClN2O2S. The Bertz CT molecular complexity index is 600. The first-order chi connectivity index (χ1) is 7.99. The van der Waals surface area contributed by atoms with Gasteiger partial charge in [-0.1, -0.05) is 38.9 Å². The van der Waals surface area contributed by atoms with Gasteiger partial charge < -0.3 is 10.8 Å². The molecular weight excluding hydrogens is 328 g/mol. The van der Waals surface area contributed by atoms with E-state index in [1.165, 1.54) is 0 Å². The molecule has 0 aliphatic rings. The summed E-state index contributed by atoms with van der Waals surface area (Å²) in [5.74, 6) is -1.13. The molecule has 1 aromatic carbocycles. The molecule has 0 amide bonds. The van der Waals surface area contributed by atoms with Crippen molar-refractivity contribution in [1.82, 2.24) is 4.98 Å². The van der Waals surface area contributed by atoms with E-state index < -0.39 is 5.97 Å². The number of benzene rings is 1. The number of hydrogen-bond donors (Lipinski definition) is 2. The molecule has 0 unspecified atom stereocenters. The number of carbonyl (C=O) groups is 1. The van der Waals surface area contributed by atoms with Gasteiger partial charge >= 0.3 is 5.97 Å². The zero-order chi connectivity index (χ0) is 12.6. The number of hydrogen-bond acceptors (Lipinski definition) is 4. The molecule has 2 aromatic rings. The minimum absolute atomic E-state index is 0.119. The van der Waals surface area contributed by atoms with Crippen LogP contribution in [0.3, 0.4) is 0 Å². The molecule has 3 N–H and O–H groups in total. The lowest BCUT2D eigenvalue weighted by Gasteiger charge is -2.00. The zero-order valence-electron chi connectivity index (χ0n) is 8.28. The third kappa shape index (κ3) is 2.43. The number of nitrogen functional groups attached to an aromatic ring is 1. The molecule has 0 spiro atoms. The van der Waals surface area contributed by atoms with Gasteiger partial charge in [0, 0.05) is 15.1 Å². The lowest BCUT2D eigenvalue weighted by molar-refractivity contribution is 0.0692. The molecule has 7 heteroatoms. The van der Waals surface area contributed by atoms with Crippen LogP contribution in [-0.2, 0) is 0 Å². The summed E-state index contributed by atoms with van der Waals surface area (Å²) in [6, 6.07) is 5.19. The number of carboxylic acid groups (broad SMARTS) is 1. The first-order valence-corrected chi connectivity index (χ1v) is 6.43. The Labute approximate surface area is 114 Å². The van der Waals surface area contributed by atoms with Crippen molar-refractivity contribution in [2.45, 2.75) is 0 Å². The quantitative estimate of drug-likeness (QED) is 0.882. The van der Waals surface area contributed by atoms with Gasteiger partial charge in [-0.05, 0) is 18.2 Å². The van der Waals surface area contributed by atoms with E-state index in [0.717, 1.165) is 21.4 Å². The Morgan fingerprint density at radius 1 is 1.53 bits per heavy atom. The van der Waals surface area contributed by atoms with Crippen molar-refractivity contribution in [2.75, 3.05) is 5.73 Å². The fourth-order valence-corrected chi connectivity index (χ4v) is 3.13. The first-order valence-electron chi connectivity index (χ1n) is 4.44. The highest BCUT2D eigenvalue weighted by Crippen LogP contribution is 2.35. The van der Waals surface area contributed by atoms with Gasteiger partial charge in [0.25, 0.3) is 0 Å². The number of rotatable bonds is 2. The van der Waals surface area contributed by atoms with Crippen molar-refractivity contribution < 1.29 is 9.90 Å². The van der Waals surface area contributed by atoms with Gasteiger partial charge in [0.05, 0.1) is 0 Å². The molecule has 0 aliphatic heterocycles. The van der Waals surface area contributed by atoms with Crippen LogP contribution >= 0.6 is 38.9 Å². The number of aromatic nitrogens is 1. The molecule has 0 bridgehead atoms. The summed E-state index contributed by atoms with van der Waals surface area (Å²) >= 11 is 10.3. The van der Waals surface area contributed by atoms with E-state index in [4.69, 9.17) is 22.4 Å². The van der Waals surface area contributed by atoms with Crippen LogP contribution in [0.5, 0.6) is 0 Å². The molecule has 4 nitrogen and oxygen atoms in total. The van der Waals surface area contributed by atoms with Gasteiger partial charge in [0.1, 0.15) is 10.0 Å². The minimum atomic E-state index is -1.13. The Balaban J connectivity index is 2.53. The van der Waals surface area contributed by atoms with Crippen LogP contribution in [0.15, 0.2) is 22.7 Å². The Morgan fingerprint density at radius 3 is 2.76 bits per heavy atom. The van der Waals surface area contributed by atoms with E-state index in [9.17, 15) is 4.79 Å². The number of anilines is 1. The van der Waals surface area contributed by atoms with Crippen LogP contribution in [0.1, 0.15) is 10.5 Å². The fourth-order valence-electron chi connectivity index (χ4n) is 1.26. The van der Waals surface area contributed by atoms with Crippen LogP contribution < -0.4 is 5.73 Å². The number of aromatic carboxylic acids is 1. The molecule has 0 radical (unpaired) electrons. The number of nitrogens with two attached hydrogens (primary N) is 1. The van der Waals surface area contributed by atoms with E-state index >= 15 is 0 Å². The van der Waals surface area contributed by atoms with Crippen LogP contribution in [0, 0.1) is 0 Å².